The Kier molecular flexibility index (Phi) is 21.5. The van der Waals surface area contributed by atoms with Crippen LogP contribution in [0.15, 0.2) is 0 Å². The van der Waals surface area contributed by atoms with E-state index in [0.29, 0.717) is 0 Å². The van der Waals surface area contributed by atoms with Gasteiger partial charge in [-0.05, 0) is 0 Å². The van der Waals surface area contributed by atoms with E-state index in [1.165, 1.54) is 0 Å². The molecule has 0 aromatic carbocycles. The molecule has 0 aromatic heterocycles. The van der Waals surface area contributed by atoms with Crippen molar-refractivity contribution in [3.8, 4) is 0 Å². The Bertz CT molecular complexity index is 74.6. The molecule has 0 atom stereocenters. The molecular weight excluding hydrogens is 243 g/mol. The fourth-order valence-electron chi connectivity index (χ4n) is 0. The first-order chi connectivity index (χ1) is 3.46. The van der Waals surface area contributed by atoms with Crippen LogP contribution in [0.25, 0.3) is 0 Å². The van der Waals surface area contributed by atoms with Crippen LogP contribution in [0.1, 0.15) is 0 Å². The molecule has 0 heterocycles. The molecule has 0 aliphatic rings. The molecule has 0 saturated carbocycles. The molecule has 7 heteroatoms. The van der Waals surface area contributed by atoms with Crippen molar-refractivity contribution in [3.63, 3.8) is 0 Å². The number of hydrogen-bond acceptors (Lipinski definition) is 4. The van der Waals surface area contributed by atoms with Crippen molar-refractivity contribution < 1.29 is 26.1 Å². The van der Waals surface area contributed by atoms with Gasteiger partial charge in [-0.3, -0.25) is 0 Å². The largest absolute Gasteiger partial charge is 2.00 e. The number of carbonyl (C=O) groups is 2. The predicted octanol–water partition coefficient (Wildman–Crippen LogP) is 1.16. The summed E-state index contributed by atoms with van der Waals surface area (Å²) >= 11 is 14.0. The van der Waals surface area contributed by atoms with E-state index in [1.54, 1.807) is 0 Å². The van der Waals surface area contributed by atoms with Crippen molar-refractivity contribution in [2.75, 3.05) is 0 Å². The summed E-state index contributed by atoms with van der Waals surface area (Å²) in [6.45, 7) is 0. The first-order valence-corrected chi connectivity index (χ1v) is 2.97. The molecule has 0 aliphatic heterocycles. The van der Waals surface area contributed by atoms with Gasteiger partial charge < -0.3 is 34.8 Å². The standard InChI is InChI=1S/2CH2OS2.Ni/c2*2-1(3)4;/h2*(H2,2,3,4);/q;;+2/p-2. The maximum absolute atomic E-state index is 9.12. The second kappa shape index (κ2) is 11.7. The zero-order chi connectivity index (χ0) is 7.15. The van der Waals surface area contributed by atoms with Crippen LogP contribution in [0.3, 0.4) is 0 Å². The molecule has 0 unspecified atom stereocenters. The molecule has 0 fully saturated rings. The van der Waals surface area contributed by atoms with Crippen LogP contribution in [-0.4, -0.2) is 8.89 Å². The molecule has 0 radical (unpaired) electrons. The van der Waals surface area contributed by atoms with E-state index in [1.807, 2.05) is 0 Å². The SMILES string of the molecule is O=C([S-])S.O=C([S-])S.[Ni+2]. The van der Waals surface area contributed by atoms with E-state index >= 15 is 0 Å². The van der Waals surface area contributed by atoms with E-state index in [2.05, 4.69) is 50.5 Å². The van der Waals surface area contributed by atoms with Gasteiger partial charge >= 0.3 is 16.5 Å². The topological polar surface area (TPSA) is 34.1 Å². The molecule has 0 amide bonds. The molecule has 0 N–H and O–H groups in total. The van der Waals surface area contributed by atoms with Gasteiger partial charge in [0, 0.05) is 0 Å². The summed E-state index contributed by atoms with van der Waals surface area (Å²) in [5, 5.41) is 0. The second-order valence-corrected chi connectivity index (χ2v) is 2.69. The zero-order valence-corrected chi connectivity index (χ0v) is 8.25. The molecule has 56 valence electrons. The molecule has 0 aliphatic carbocycles. The van der Waals surface area contributed by atoms with Crippen LogP contribution in [-0.2, 0) is 41.7 Å². The van der Waals surface area contributed by atoms with Crippen molar-refractivity contribution in [2.45, 2.75) is 0 Å². The van der Waals surface area contributed by atoms with E-state index in [4.69, 9.17) is 9.59 Å². The number of rotatable bonds is 0. The second-order valence-electron chi connectivity index (χ2n) is 0.532. The van der Waals surface area contributed by atoms with E-state index in [0.717, 1.165) is 0 Å². The van der Waals surface area contributed by atoms with Gasteiger partial charge in [0.2, 0.25) is 0 Å². The van der Waals surface area contributed by atoms with Gasteiger partial charge in [-0.2, -0.15) is 0 Å². The van der Waals surface area contributed by atoms with Gasteiger partial charge in [0.05, 0.1) is 8.89 Å². The Labute approximate surface area is 85.1 Å². The van der Waals surface area contributed by atoms with Crippen LogP contribution < -0.4 is 0 Å². The monoisotopic (exact) mass is 244 g/mol. The molecule has 0 saturated heterocycles. The van der Waals surface area contributed by atoms with Crippen molar-refractivity contribution in [3.05, 3.63) is 0 Å². The number of carbonyl (C=O) groups excluding carboxylic acids is 2. The fraction of sp³-hybridized carbons (Fsp3) is 0. The maximum Gasteiger partial charge on any atom is 2.00 e. The summed E-state index contributed by atoms with van der Waals surface area (Å²) < 4.78 is -1.11. The summed E-state index contributed by atoms with van der Waals surface area (Å²) in [7, 11) is 0. The van der Waals surface area contributed by atoms with Crippen molar-refractivity contribution >= 4 is 59.4 Å². The quantitative estimate of drug-likeness (QED) is 0.381. The van der Waals surface area contributed by atoms with Crippen LogP contribution in [0, 0.1) is 0 Å². The summed E-state index contributed by atoms with van der Waals surface area (Å²) in [5.74, 6) is 0. The molecular formula is C2H2NiO2S4. The van der Waals surface area contributed by atoms with Crippen LogP contribution in [0.4, 0.5) is 9.59 Å². The van der Waals surface area contributed by atoms with Crippen molar-refractivity contribution in [1.29, 1.82) is 0 Å². The average Bonchev–Trinajstić information content (AvgIpc) is 1.25. The van der Waals surface area contributed by atoms with Gasteiger partial charge in [0.15, 0.2) is 0 Å². The Hall–Kier alpha value is 0.974. The molecule has 0 rings (SSSR count). The third-order valence-corrected chi connectivity index (χ3v) is 0. The molecule has 0 aromatic rings. The van der Waals surface area contributed by atoms with Crippen molar-refractivity contribution in [2.24, 2.45) is 0 Å². The summed E-state index contributed by atoms with van der Waals surface area (Å²) in [4.78, 5) is 18.2. The minimum absolute atomic E-state index is 0. The Balaban J connectivity index is -0.0000000720. The smallest absolute Gasteiger partial charge is 0.731 e. The average molecular weight is 245 g/mol. The molecule has 0 spiro atoms. The Morgan fingerprint density at radius 2 is 1.00 bits per heavy atom. The van der Waals surface area contributed by atoms with Crippen LogP contribution in [0.5, 0.6) is 0 Å². The van der Waals surface area contributed by atoms with Gasteiger partial charge in [0.1, 0.15) is 0 Å². The summed E-state index contributed by atoms with van der Waals surface area (Å²) in [5.41, 5.74) is 0. The molecule has 0 bridgehead atoms. The van der Waals surface area contributed by atoms with Crippen LogP contribution >= 0.6 is 25.3 Å². The molecule has 2 nitrogen and oxygen atoms in total. The van der Waals surface area contributed by atoms with Gasteiger partial charge in [-0.25, -0.2) is 0 Å². The third kappa shape index (κ3) is 460. The Morgan fingerprint density at radius 3 is 1.00 bits per heavy atom. The van der Waals surface area contributed by atoms with E-state index in [9.17, 15) is 0 Å². The normalized spacial score (nSPS) is 5.56. The number of hydrogen-bond donors (Lipinski definition) is 2. The van der Waals surface area contributed by atoms with Gasteiger partial charge in [0.25, 0.3) is 0 Å². The molecule has 9 heavy (non-hydrogen) atoms. The minimum Gasteiger partial charge on any atom is -0.731 e. The fourth-order valence-corrected chi connectivity index (χ4v) is 0. The van der Waals surface area contributed by atoms with Gasteiger partial charge in [-0.15, -0.1) is 25.3 Å². The minimum atomic E-state index is -0.556. The first-order valence-electron chi connectivity index (χ1n) is 1.26. The predicted molar refractivity (Wildman–Crippen MR) is 43.5 cm³/mol. The van der Waals surface area contributed by atoms with E-state index in [-0.39, 0.29) is 16.5 Å². The first kappa shape index (κ1) is 16.5. The number of thiol groups is 2. The zero-order valence-electron chi connectivity index (χ0n) is 3.84. The Morgan fingerprint density at radius 1 is 1.00 bits per heavy atom. The van der Waals surface area contributed by atoms with Crippen LogP contribution in [0.2, 0.25) is 0 Å². The van der Waals surface area contributed by atoms with Crippen molar-refractivity contribution in [1.82, 2.24) is 0 Å². The van der Waals surface area contributed by atoms with Gasteiger partial charge in [-0.1, -0.05) is 0 Å². The third-order valence-electron chi connectivity index (χ3n) is 0. The maximum atomic E-state index is 9.12. The summed E-state index contributed by atoms with van der Waals surface area (Å²) in [6.07, 6.45) is 0. The van der Waals surface area contributed by atoms with E-state index < -0.39 is 8.89 Å². The summed E-state index contributed by atoms with van der Waals surface area (Å²) in [6, 6.07) is 0.